The minimum Gasteiger partial charge on any atom is -0.756 e. The van der Waals surface area contributed by atoms with E-state index < -0.39 is 32.5 Å². The molecular formula is C74H118NO8P. The van der Waals surface area contributed by atoms with Crippen LogP contribution in [0.15, 0.2) is 182 Å². The van der Waals surface area contributed by atoms with E-state index >= 15 is 0 Å². The fourth-order valence-electron chi connectivity index (χ4n) is 7.94. The summed E-state index contributed by atoms with van der Waals surface area (Å²) in [7, 11) is 1.11. The van der Waals surface area contributed by atoms with Crippen molar-refractivity contribution in [3.05, 3.63) is 182 Å². The summed E-state index contributed by atoms with van der Waals surface area (Å²) in [6.45, 7) is 4.02. The van der Waals surface area contributed by atoms with Gasteiger partial charge in [0.1, 0.15) is 19.8 Å². The molecule has 0 saturated heterocycles. The Labute approximate surface area is 514 Å². The fraction of sp³-hybridized carbons (Fsp3) is 0.568. The molecule has 9 nitrogen and oxygen atoms in total. The number of phosphoric ester groups is 1. The van der Waals surface area contributed by atoms with Crippen molar-refractivity contribution in [1.82, 2.24) is 0 Å². The first-order chi connectivity index (χ1) is 41.0. The highest BCUT2D eigenvalue weighted by Gasteiger charge is 2.22. The van der Waals surface area contributed by atoms with Crippen molar-refractivity contribution in [3.8, 4) is 0 Å². The maximum absolute atomic E-state index is 12.8. The predicted molar refractivity (Wildman–Crippen MR) is 359 cm³/mol. The van der Waals surface area contributed by atoms with E-state index in [9.17, 15) is 19.0 Å². The first kappa shape index (κ1) is 79.1. The molecule has 2 atom stereocenters. The quantitative estimate of drug-likeness (QED) is 0.0195. The van der Waals surface area contributed by atoms with Gasteiger partial charge in [-0.05, 0) is 141 Å². The third kappa shape index (κ3) is 66.3. The van der Waals surface area contributed by atoms with E-state index in [0.29, 0.717) is 23.9 Å². The molecule has 0 rings (SSSR count). The normalized spacial score (nSPS) is 14.4. The molecule has 0 radical (unpaired) electrons. The SMILES string of the molecule is CC/C=C\C/C=C\C/C=C\C/C=C\C/C=C\C/C=C\C/C=C\C/C=C\C/C=C\C/C=C\C/C=C\C/C=C\CCCCCCC(=O)OC(COC(=O)CCCCCCCC/C=C\C/C=C\C/C=C\CCCCC)COP(=O)([O-])OCC[N+](C)(C)C. The number of unbranched alkanes of at least 4 members (excludes halogenated alkanes) is 13. The number of nitrogens with zero attached hydrogens (tertiary/aromatic N) is 1. The number of ether oxygens (including phenoxy) is 2. The first-order valence-electron chi connectivity index (χ1n) is 32.5. The van der Waals surface area contributed by atoms with Crippen LogP contribution in [0.5, 0.6) is 0 Å². The van der Waals surface area contributed by atoms with Crippen LogP contribution in [-0.4, -0.2) is 70.0 Å². The summed E-state index contributed by atoms with van der Waals surface area (Å²) in [6, 6.07) is 0. The average molecular weight is 1180 g/mol. The predicted octanol–water partition coefficient (Wildman–Crippen LogP) is 20.5. The van der Waals surface area contributed by atoms with E-state index in [0.717, 1.165) is 154 Å². The molecule has 0 bridgehead atoms. The van der Waals surface area contributed by atoms with Gasteiger partial charge >= 0.3 is 11.9 Å². The van der Waals surface area contributed by atoms with Gasteiger partial charge < -0.3 is 27.9 Å². The largest absolute Gasteiger partial charge is 0.756 e. The van der Waals surface area contributed by atoms with Crippen LogP contribution in [0.4, 0.5) is 0 Å². The zero-order chi connectivity index (χ0) is 61.2. The molecule has 10 heteroatoms. The molecule has 0 aromatic carbocycles. The van der Waals surface area contributed by atoms with E-state index in [1.54, 1.807) is 0 Å². The van der Waals surface area contributed by atoms with Crippen LogP contribution in [0.25, 0.3) is 0 Å². The van der Waals surface area contributed by atoms with Gasteiger partial charge in [0.25, 0.3) is 7.82 Å². The van der Waals surface area contributed by atoms with Crippen LogP contribution >= 0.6 is 7.82 Å². The molecule has 84 heavy (non-hydrogen) atoms. The van der Waals surface area contributed by atoms with Gasteiger partial charge in [-0.25, -0.2) is 0 Å². The molecule has 0 heterocycles. The van der Waals surface area contributed by atoms with E-state index in [1.165, 1.54) is 25.7 Å². The second-order valence-corrected chi connectivity index (χ2v) is 23.4. The van der Waals surface area contributed by atoms with Crippen molar-refractivity contribution in [2.75, 3.05) is 47.5 Å². The van der Waals surface area contributed by atoms with Crippen molar-refractivity contribution in [2.24, 2.45) is 0 Å². The molecule has 0 aliphatic rings. The van der Waals surface area contributed by atoms with Gasteiger partial charge in [-0.2, -0.15) is 0 Å². The number of hydrogen-bond donors (Lipinski definition) is 0. The Morgan fingerprint density at radius 1 is 0.381 bits per heavy atom. The highest BCUT2D eigenvalue weighted by molar-refractivity contribution is 7.45. The standard InChI is InChI=1S/C74H118NO8P/c1-6-8-10-12-14-16-18-20-22-24-26-27-28-29-30-31-32-33-34-35-36-37-38-39-40-41-42-43-44-45-46-47-49-51-53-55-57-59-61-63-65-67-74(77)83-72(71-82-84(78,79)81-69-68-75(3,4)5)70-80-73(76)66-64-62-60-58-56-54-52-50-48-25-23-21-19-17-15-13-11-9-7-2/h8,10,14-17,20-23,26-27,29-30,32-33,35-36,38-39,41-42,44-45,47-50,53,55,72H,6-7,9,11-13,18-19,24-25,28,31,34,37,40,43,46,51-52,54,56-71H2,1-5H3/b10-8-,16-14-,17-15-,22-20-,23-21-,27-26-,30-29-,33-32-,36-35-,39-38-,42-41-,45-44-,49-47-,50-48-,55-53-. The lowest BCUT2D eigenvalue weighted by Crippen LogP contribution is -2.37. The van der Waals surface area contributed by atoms with Crippen LogP contribution in [-0.2, 0) is 32.7 Å². The number of likely N-dealkylation sites (N-methyl/N-ethyl adjacent to an activating group) is 1. The van der Waals surface area contributed by atoms with Crippen molar-refractivity contribution in [1.29, 1.82) is 0 Å². The Morgan fingerprint density at radius 2 is 0.679 bits per heavy atom. The van der Waals surface area contributed by atoms with Crippen LogP contribution < -0.4 is 4.89 Å². The number of phosphoric acid groups is 1. The Bertz CT molecular complexity index is 2070. The number of esters is 2. The summed E-state index contributed by atoms with van der Waals surface area (Å²) in [4.78, 5) is 37.9. The Hall–Kier alpha value is -4.89. The second-order valence-electron chi connectivity index (χ2n) is 22.0. The van der Waals surface area contributed by atoms with Gasteiger partial charge in [0.2, 0.25) is 0 Å². The van der Waals surface area contributed by atoms with Crippen molar-refractivity contribution < 1.29 is 42.1 Å². The van der Waals surface area contributed by atoms with Crippen LogP contribution in [0.2, 0.25) is 0 Å². The molecule has 0 spiro atoms. The van der Waals surface area contributed by atoms with Crippen LogP contribution in [0.1, 0.15) is 219 Å². The molecule has 0 aliphatic carbocycles. The molecule has 0 amide bonds. The van der Waals surface area contributed by atoms with Crippen LogP contribution in [0.3, 0.4) is 0 Å². The van der Waals surface area contributed by atoms with Crippen molar-refractivity contribution in [2.45, 2.75) is 225 Å². The maximum Gasteiger partial charge on any atom is 0.306 e. The van der Waals surface area contributed by atoms with Gasteiger partial charge in [0.15, 0.2) is 6.10 Å². The highest BCUT2D eigenvalue weighted by Crippen LogP contribution is 2.38. The number of hydrogen-bond acceptors (Lipinski definition) is 8. The molecule has 472 valence electrons. The summed E-state index contributed by atoms with van der Waals surface area (Å²) in [5.74, 6) is -0.892. The molecular weight excluding hydrogens is 1060 g/mol. The Kier molecular flexibility index (Phi) is 59.0. The molecule has 0 aromatic heterocycles. The fourth-order valence-corrected chi connectivity index (χ4v) is 8.67. The summed E-state index contributed by atoms with van der Waals surface area (Å²) in [5.41, 5.74) is 0. The number of carbonyl (C=O) groups is 2. The van der Waals surface area contributed by atoms with E-state index in [-0.39, 0.29) is 26.1 Å². The molecule has 0 fully saturated rings. The lowest BCUT2D eigenvalue weighted by Gasteiger charge is -2.28. The minimum absolute atomic E-state index is 0.0487. The lowest BCUT2D eigenvalue weighted by atomic mass is 10.1. The zero-order valence-electron chi connectivity index (χ0n) is 53.5. The average Bonchev–Trinajstić information content (AvgIpc) is 3.61. The first-order valence-corrected chi connectivity index (χ1v) is 34.0. The second kappa shape index (κ2) is 62.6. The highest BCUT2D eigenvalue weighted by atomic mass is 31.2. The number of rotatable bonds is 57. The van der Waals surface area contributed by atoms with E-state index in [1.807, 2.05) is 21.1 Å². The zero-order valence-corrected chi connectivity index (χ0v) is 54.4. The van der Waals surface area contributed by atoms with Crippen molar-refractivity contribution in [3.63, 3.8) is 0 Å². The molecule has 2 unspecified atom stereocenters. The maximum atomic E-state index is 12.8. The number of quaternary nitrogens is 1. The number of allylic oxidation sites excluding steroid dienone is 30. The van der Waals surface area contributed by atoms with E-state index in [4.69, 9.17) is 18.5 Å². The summed E-state index contributed by atoms with van der Waals surface area (Å²) in [5, 5.41) is 0. The van der Waals surface area contributed by atoms with Crippen molar-refractivity contribution >= 4 is 19.8 Å². The number of carbonyl (C=O) groups excluding carboxylic acids is 2. The summed E-state index contributed by atoms with van der Waals surface area (Å²) in [6.07, 6.45) is 96.7. The molecule has 0 aliphatic heterocycles. The summed E-state index contributed by atoms with van der Waals surface area (Å²) >= 11 is 0. The lowest BCUT2D eigenvalue weighted by molar-refractivity contribution is -0.870. The Balaban J connectivity index is 4.22. The molecule has 0 N–H and O–H groups in total. The third-order valence-corrected chi connectivity index (χ3v) is 13.9. The van der Waals surface area contributed by atoms with E-state index in [2.05, 4.69) is 196 Å². The third-order valence-electron chi connectivity index (χ3n) is 12.9. The Morgan fingerprint density at radius 3 is 1.01 bits per heavy atom. The monoisotopic (exact) mass is 1180 g/mol. The van der Waals surface area contributed by atoms with Gasteiger partial charge in [-0.1, -0.05) is 247 Å². The topological polar surface area (TPSA) is 111 Å². The van der Waals surface area contributed by atoms with Gasteiger partial charge in [0, 0.05) is 12.8 Å². The van der Waals surface area contributed by atoms with Gasteiger partial charge in [-0.15, -0.1) is 0 Å². The molecule has 0 aromatic rings. The smallest absolute Gasteiger partial charge is 0.306 e. The van der Waals surface area contributed by atoms with Crippen LogP contribution in [0, 0.1) is 0 Å². The van der Waals surface area contributed by atoms with Gasteiger partial charge in [-0.3, -0.25) is 14.2 Å². The van der Waals surface area contributed by atoms with Gasteiger partial charge in [0.05, 0.1) is 27.7 Å². The minimum atomic E-state index is -4.66. The molecule has 0 saturated carbocycles. The summed E-state index contributed by atoms with van der Waals surface area (Å²) < 4.78 is 34.1.